The second-order valence-electron chi connectivity index (χ2n) is 8.73. The average Bonchev–Trinajstić information content (AvgIpc) is 2.69. The van der Waals surface area contributed by atoms with Gasteiger partial charge in [0, 0.05) is 12.6 Å². The zero-order valence-electron chi connectivity index (χ0n) is 18.2. The zero-order valence-corrected chi connectivity index (χ0v) is 18.2. The second kappa shape index (κ2) is 10.5. The van der Waals surface area contributed by atoms with E-state index in [-0.39, 0.29) is 12.3 Å². The van der Waals surface area contributed by atoms with Crippen LogP contribution < -0.4 is 0 Å². The SMILES string of the molecule is CCCN(CCc1ccccc1)C(C)CCc1ccc(C2CCC2C(F)(F)F)cc1. The van der Waals surface area contributed by atoms with Gasteiger partial charge in [-0.3, -0.25) is 0 Å². The van der Waals surface area contributed by atoms with Crippen molar-refractivity contribution in [2.24, 2.45) is 5.92 Å². The Balaban J connectivity index is 1.50. The molecule has 1 saturated carbocycles. The van der Waals surface area contributed by atoms with Crippen LogP contribution in [0.5, 0.6) is 0 Å². The number of alkyl halides is 3. The lowest BCUT2D eigenvalue weighted by Gasteiger charge is -2.38. The second-order valence-corrected chi connectivity index (χ2v) is 8.73. The highest BCUT2D eigenvalue weighted by Gasteiger charge is 2.50. The predicted molar refractivity (Wildman–Crippen MR) is 118 cm³/mol. The summed E-state index contributed by atoms with van der Waals surface area (Å²) in [4.78, 5) is 2.56. The summed E-state index contributed by atoms with van der Waals surface area (Å²) in [6, 6.07) is 19.0. The van der Waals surface area contributed by atoms with Gasteiger partial charge in [-0.25, -0.2) is 0 Å². The molecule has 0 radical (unpaired) electrons. The maximum Gasteiger partial charge on any atom is 0.392 e. The molecule has 3 unspecified atom stereocenters. The van der Waals surface area contributed by atoms with Crippen LogP contribution in [0.1, 0.15) is 62.1 Å². The molecule has 3 atom stereocenters. The van der Waals surface area contributed by atoms with Crippen LogP contribution in [0.25, 0.3) is 0 Å². The summed E-state index contributed by atoms with van der Waals surface area (Å²) in [5.41, 5.74) is 3.43. The predicted octanol–water partition coefficient (Wildman–Crippen LogP) is 7.02. The van der Waals surface area contributed by atoms with Crippen molar-refractivity contribution in [3.63, 3.8) is 0 Å². The Kier molecular flexibility index (Phi) is 7.99. The molecule has 1 aliphatic carbocycles. The molecule has 4 heteroatoms. The van der Waals surface area contributed by atoms with Gasteiger partial charge in [0.05, 0.1) is 5.92 Å². The maximum absolute atomic E-state index is 13.0. The normalized spacial score (nSPS) is 20.2. The van der Waals surface area contributed by atoms with Crippen molar-refractivity contribution in [2.75, 3.05) is 13.1 Å². The lowest BCUT2D eigenvalue weighted by Crippen LogP contribution is -2.36. The van der Waals surface area contributed by atoms with Gasteiger partial charge in [0.15, 0.2) is 0 Å². The molecule has 1 fully saturated rings. The van der Waals surface area contributed by atoms with E-state index in [4.69, 9.17) is 0 Å². The third-order valence-corrected chi connectivity index (χ3v) is 6.62. The van der Waals surface area contributed by atoms with Crippen LogP contribution in [-0.4, -0.2) is 30.2 Å². The molecule has 0 heterocycles. The molecule has 0 spiro atoms. The Morgan fingerprint density at radius 2 is 1.57 bits per heavy atom. The first-order chi connectivity index (χ1) is 14.4. The van der Waals surface area contributed by atoms with Crippen LogP contribution in [0, 0.1) is 5.92 Å². The number of halogens is 3. The number of hydrogen-bond acceptors (Lipinski definition) is 1. The van der Waals surface area contributed by atoms with E-state index in [0.717, 1.165) is 44.3 Å². The van der Waals surface area contributed by atoms with Gasteiger partial charge in [-0.1, -0.05) is 61.5 Å². The number of nitrogens with zero attached hydrogens (tertiary/aromatic N) is 1. The fourth-order valence-electron chi connectivity index (χ4n) is 4.54. The molecule has 0 N–H and O–H groups in total. The Hall–Kier alpha value is -1.81. The highest BCUT2D eigenvalue weighted by Crippen LogP contribution is 2.50. The van der Waals surface area contributed by atoms with Crippen molar-refractivity contribution >= 4 is 0 Å². The molecule has 2 aromatic carbocycles. The van der Waals surface area contributed by atoms with Crippen LogP contribution in [0.3, 0.4) is 0 Å². The van der Waals surface area contributed by atoms with Gasteiger partial charge in [0.2, 0.25) is 0 Å². The number of aryl methyl sites for hydroxylation is 1. The first kappa shape index (κ1) is 22.9. The van der Waals surface area contributed by atoms with E-state index in [1.54, 1.807) is 0 Å². The molecule has 30 heavy (non-hydrogen) atoms. The topological polar surface area (TPSA) is 3.24 Å². The third-order valence-electron chi connectivity index (χ3n) is 6.62. The van der Waals surface area contributed by atoms with Crippen molar-refractivity contribution < 1.29 is 13.2 Å². The third kappa shape index (κ3) is 6.10. The summed E-state index contributed by atoms with van der Waals surface area (Å²) in [6.45, 7) is 6.65. The molecule has 0 aliphatic heterocycles. The van der Waals surface area contributed by atoms with Crippen LogP contribution in [-0.2, 0) is 12.8 Å². The summed E-state index contributed by atoms with van der Waals surface area (Å²) in [5.74, 6) is -1.51. The van der Waals surface area contributed by atoms with Crippen LogP contribution in [0.15, 0.2) is 54.6 Å². The van der Waals surface area contributed by atoms with Gasteiger partial charge in [0.25, 0.3) is 0 Å². The summed E-state index contributed by atoms with van der Waals surface area (Å²) < 4.78 is 39.1. The minimum atomic E-state index is -4.07. The number of rotatable bonds is 10. The Morgan fingerprint density at radius 3 is 2.13 bits per heavy atom. The first-order valence-corrected chi connectivity index (χ1v) is 11.3. The van der Waals surface area contributed by atoms with Crippen LogP contribution in [0.2, 0.25) is 0 Å². The summed E-state index contributed by atoms with van der Waals surface area (Å²) in [6.07, 6.45) is 1.05. The molecular formula is C26H34F3N. The van der Waals surface area contributed by atoms with Gasteiger partial charge in [-0.15, -0.1) is 0 Å². The lowest BCUT2D eigenvalue weighted by atomic mass is 9.69. The molecule has 0 bridgehead atoms. The van der Waals surface area contributed by atoms with E-state index in [1.807, 2.05) is 24.3 Å². The molecule has 164 valence electrons. The molecule has 0 saturated heterocycles. The Morgan fingerprint density at radius 1 is 0.900 bits per heavy atom. The Bertz CT molecular complexity index is 754. The van der Waals surface area contributed by atoms with E-state index < -0.39 is 12.1 Å². The van der Waals surface area contributed by atoms with Crippen molar-refractivity contribution in [3.8, 4) is 0 Å². The fraction of sp³-hybridized carbons (Fsp3) is 0.538. The lowest BCUT2D eigenvalue weighted by molar-refractivity contribution is -0.200. The average molecular weight is 418 g/mol. The molecule has 0 aromatic heterocycles. The van der Waals surface area contributed by atoms with E-state index in [9.17, 15) is 13.2 Å². The van der Waals surface area contributed by atoms with Crippen LogP contribution in [0.4, 0.5) is 13.2 Å². The van der Waals surface area contributed by atoms with Gasteiger partial charge in [-0.2, -0.15) is 13.2 Å². The van der Waals surface area contributed by atoms with Crippen molar-refractivity contribution in [2.45, 2.75) is 70.5 Å². The van der Waals surface area contributed by atoms with E-state index in [2.05, 4.69) is 49.1 Å². The summed E-state index contributed by atoms with van der Waals surface area (Å²) >= 11 is 0. The molecular weight excluding hydrogens is 383 g/mol. The largest absolute Gasteiger partial charge is 0.392 e. The molecule has 0 amide bonds. The molecule has 1 nitrogen and oxygen atoms in total. The highest BCUT2D eigenvalue weighted by atomic mass is 19.4. The molecule has 3 rings (SSSR count). The van der Waals surface area contributed by atoms with Gasteiger partial charge in [0.1, 0.15) is 0 Å². The van der Waals surface area contributed by atoms with Gasteiger partial charge >= 0.3 is 6.18 Å². The van der Waals surface area contributed by atoms with E-state index >= 15 is 0 Å². The molecule has 2 aromatic rings. The van der Waals surface area contributed by atoms with Crippen molar-refractivity contribution in [1.29, 1.82) is 0 Å². The smallest absolute Gasteiger partial charge is 0.300 e. The number of hydrogen-bond donors (Lipinski definition) is 0. The van der Waals surface area contributed by atoms with E-state index in [1.165, 1.54) is 11.1 Å². The standard InChI is InChI=1S/C26H34F3N/c1-3-18-30(19-17-21-7-5-4-6-8-21)20(2)9-10-22-11-13-23(14-12-22)24-15-16-25(24)26(27,28)29/h4-8,11-14,20,24-25H,3,9-10,15-19H2,1-2H3. The highest BCUT2D eigenvalue weighted by molar-refractivity contribution is 5.28. The van der Waals surface area contributed by atoms with Crippen molar-refractivity contribution in [3.05, 3.63) is 71.3 Å². The minimum Gasteiger partial charge on any atom is -0.300 e. The van der Waals surface area contributed by atoms with Gasteiger partial charge in [-0.05, 0) is 74.6 Å². The fourth-order valence-corrected chi connectivity index (χ4v) is 4.54. The first-order valence-electron chi connectivity index (χ1n) is 11.3. The quantitative estimate of drug-likeness (QED) is 0.401. The Labute approximate surface area is 179 Å². The van der Waals surface area contributed by atoms with Crippen LogP contribution >= 0.6 is 0 Å². The van der Waals surface area contributed by atoms with Crippen molar-refractivity contribution in [1.82, 2.24) is 4.90 Å². The minimum absolute atomic E-state index is 0.268. The summed E-state index contributed by atoms with van der Waals surface area (Å²) in [5, 5.41) is 0. The maximum atomic E-state index is 13.0. The van der Waals surface area contributed by atoms with Gasteiger partial charge < -0.3 is 4.90 Å². The zero-order chi connectivity index (χ0) is 21.6. The monoisotopic (exact) mass is 417 g/mol. The summed E-state index contributed by atoms with van der Waals surface area (Å²) in [7, 11) is 0. The van der Waals surface area contributed by atoms with E-state index in [0.29, 0.717) is 12.5 Å². The number of benzene rings is 2. The molecule has 1 aliphatic rings.